The molecular formula is C9H8FNO3. The summed E-state index contributed by atoms with van der Waals surface area (Å²) in [6.07, 6.45) is -0.282. The Morgan fingerprint density at radius 2 is 2.07 bits per heavy atom. The topological polar surface area (TPSA) is 80.4 Å². The molecule has 1 aromatic rings. The van der Waals surface area contributed by atoms with Crippen molar-refractivity contribution in [2.75, 3.05) is 0 Å². The second-order valence-corrected chi connectivity index (χ2v) is 2.75. The smallest absolute Gasteiger partial charge is 0.307 e. The van der Waals surface area contributed by atoms with Gasteiger partial charge in [0.2, 0.25) is 0 Å². The van der Waals surface area contributed by atoms with Crippen molar-refractivity contribution < 1.29 is 19.1 Å². The lowest BCUT2D eigenvalue weighted by atomic mass is 10.1. The summed E-state index contributed by atoms with van der Waals surface area (Å²) in [6, 6.07) is 3.53. The number of primary amides is 1. The van der Waals surface area contributed by atoms with Crippen molar-refractivity contribution in [2.24, 2.45) is 5.73 Å². The average molecular weight is 197 g/mol. The molecule has 1 aromatic carbocycles. The summed E-state index contributed by atoms with van der Waals surface area (Å²) in [7, 11) is 0. The van der Waals surface area contributed by atoms with Gasteiger partial charge < -0.3 is 10.8 Å². The second-order valence-electron chi connectivity index (χ2n) is 2.75. The Morgan fingerprint density at radius 1 is 1.43 bits per heavy atom. The third-order valence-corrected chi connectivity index (χ3v) is 1.65. The molecule has 14 heavy (non-hydrogen) atoms. The van der Waals surface area contributed by atoms with Crippen LogP contribution in [0.15, 0.2) is 18.2 Å². The van der Waals surface area contributed by atoms with E-state index in [0.717, 1.165) is 6.07 Å². The van der Waals surface area contributed by atoms with E-state index in [2.05, 4.69) is 0 Å². The third kappa shape index (κ3) is 2.29. The quantitative estimate of drug-likeness (QED) is 0.742. The number of amides is 1. The van der Waals surface area contributed by atoms with Crippen LogP contribution in [0.2, 0.25) is 0 Å². The highest BCUT2D eigenvalue weighted by molar-refractivity contribution is 5.93. The summed E-state index contributed by atoms with van der Waals surface area (Å²) >= 11 is 0. The zero-order valence-electron chi connectivity index (χ0n) is 7.16. The van der Waals surface area contributed by atoms with Gasteiger partial charge in [0.1, 0.15) is 5.82 Å². The molecule has 74 valence electrons. The number of carbonyl (C=O) groups excluding carboxylic acids is 1. The van der Waals surface area contributed by atoms with Crippen LogP contribution in [-0.4, -0.2) is 17.0 Å². The minimum absolute atomic E-state index is 0.237. The monoisotopic (exact) mass is 197 g/mol. The van der Waals surface area contributed by atoms with Crippen molar-refractivity contribution in [2.45, 2.75) is 6.42 Å². The Morgan fingerprint density at radius 3 is 2.50 bits per heavy atom. The number of rotatable bonds is 3. The molecule has 0 unspecified atom stereocenters. The summed E-state index contributed by atoms with van der Waals surface area (Å²) in [5, 5.41) is 8.42. The minimum atomic E-state index is -1.06. The lowest BCUT2D eigenvalue weighted by Crippen LogP contribution is -2.13. The molecular weight excluding hydrogens is 189 g/mol. The number of nitrogens with two attached hydrogens (primary N) is 1. The Bertz CT molecular complexity index is 390. The fourth-order valence-electron chi connectivity index (χ4n) is 1.04. The van der Waals surface area contributed by atoms with Crippen LogP contribution in [0.4, 0.5) is 4.39 Å². The van der Waals surface area contributed by atoms with Crippen LogP contribution >= 0.6 is 0 Å². The van der Waals surface area contributed by atoms with E-state index in [9.17, 15) is 14.0 Å². The van der Waals surface area contributed by atoms with Gasteiger partial charge in [-0.25, -0.2) is 4.39 Å². The number of hydrogen-bond acceptors (Lipinski definition) is 2. The molecule has 0 aliphatic heterocycles. The molecule has 0 heterocycles. The second kappa shape index (κ2) is 3.87. The fourth-order valence-corrected chi connectivity index (χ4v) is 1.04. The summed E-state index contributed by atoms with van der Waals surface area (Å²) in [5.74, 6) is -2.73. The van der Waals surface area contributed by atoms with E-state index in [1.807, 2.05) is 0 Å². The van der Waals surface area contributed by atoms with Crippen LogP contribution in [0.1, 0.15) is 15.9 Å². The molecule has 1 rings (SSSR count). The maximum Gasteiger partial charge on any atom is 0.307 e. The maximum atomic E-state index is 13.1. The van der Waals surface area contributed by atoms with Gasteiger partial charge in [0.15, 0.2) is 0 Å². The Labute approximate surface area is 79.1 Å². The number of carbonyl (C=O) groups is 2. The Balaban J connectivity index is 3.00. The van der Waals surface area contributed by atoms with E-state index in [1.54, 1.807) is 0 Å². The van der Waals surface area contributed by atoms with Gasteiger partial charge in [0.05, 0.1) is 12.0 Å². The van der Waals surface area contributed by atoms with Gasteiger partial charge in [-0.15, -0.1) is 0 Å². The highest BCUT2D eigenvalue weighted by atomic mass is 19.1. The van der Waals surface area contributed by atoms with Gasteiger partial charge in [-0.3, -0.25) is 9.59 Å². The Kier molecular flexibility index (Phi) is 2.81. The number of carboxylic acids is 1. The van der Waals surface area contributed by atoms with Crippen LogP contribution in [0.25, 0.3) is 0 Å². The zero-order valence-corrected chi connectivity index (χ0v) is 7.16. The molecule has 4 nitrogen and oxygen atoms in total. The molecule has 3 N–H and O–H groups in total. The normalized spacial score (nSPS) is 9.79. The summed E-state index contributed by atoms with van der Waals surface area (Å²) in [5.41, 5.74) is 4.93. The van der Waals surface area contributed by atoms with Gasteiger partial charge in [-0.1, -0.05) is 6.07 Å². The number of carboxylic acid groups (broad SMARTS) is 1. The molecule has 0 radical (unpaired) electrons. The maximum absolute atomic E-state index is 13.1. The molecule has 0 atom stereocenters. The van der Waals surface area contributed by atoms with Crippen LogP contribution < -0.4 is 5.73 Å². The van der Waals surface area contributed by atoms with Crippen molar-refractivity contribution in [3.05, 3.63) is 35.1 Å². The first-order chi connectivity index (χ1) is 6.50. The summed E-state index contributed by atoms with van der Waals surface area (Å²) in [6.45, 7) is 0. The van der Waals surface area contributed by atoms with Gasteiger partial charge in [-0.05, 0) is 17.7 Å². The molecule has 0 aliphatic carbocycles. The van der Waals surface area contributed by atoms with Gasteiger partial charge >= 0.3 is 5.97 Å². The van der Waals surface area contributed by atoms with Crippen molar-refractivity contribution >= 4 is 11.9 Å². The van der Waals surface area contributed by atoms with E-state index in [0.29, 0.717) is 5.56 Å². The van der Waals surface area contributed by atoms with Crippen LogP contribution in [0, 0.1) is 5.82 Å². The first-order valence-electron chi connectivity index (χ1n) is 3.80. The molecule has 0 fully saturated rings. The van der Waals surface area contributed by atoms with Crippen molar-refractivity contribution in [1.82, 2.24) is 0 Å². The molecule has 0 saturated carbocycles. The standard InChI is InChI=1S/C9H8FNO3/c10-7-3-5(4-8(12)13)1-2-6(7)9(11)14/h1-3H,4H2,(H2,11,14)(H,12,13). The molecule has 5 heteroatoms. The molecule has 0 saturated heterocycles. The third-order valence-electron chi connectivity index (χ3n) is 1.65. The van der Waals surface area contributed by atoms with Crippen molar-refractivity contribution in [3.63, 3.8) is 0 Å². The summed E-state index contributed by atoms with van der Waals surface area (Å²) in [4.78, 5) is 20.9. The number of halogens is 1. The molecule has 1 amide bonds. The Hall–Kier alpha value is -1.91. The van der Waals surface area contributed by atoms with E-state index in [-0.39, 0.29) is 12.0 Å². The molecule has 0 spiro atoms. The first kappa shape index (κ1) is 10.2. The van der Waals surface area contributed by atoms with E-state index in [4.69, 9.17) is 10.8 Å². The highest BCUT2D eigenvalue weighted by Crippen LogP contribution is 2.10. The van der Waals surface area contributed by atoms with Gasteiger partial charge in [0.25, 0.3) is 5.91 Å². The van der Waals surface area contributed by atoms with Crippen molar-refractivity contribution in [3.8, 4) is 0 Å². The lowest BCUT2D eigenvalue weighted by molar-refractivity contribution is -0.136. The predicted octanol–water partition coefficient (Wildman–Crippen LogP) is 0.552. The van der Waals surface area contributed by atoms with E-state index >= 15 is 0 Å². The molecule has 0 bridgehead atoms. The first-order valence-corrected chi connectivity index (χ1v) is 3.80. The van der Waals surface area contributed by atoms with Crippen LogP contribution in [0.5, 0.6) is 0 Å². The zero-order chi connectivity index (χ0) is 10.7. The largest absolute Gasteiger partial charge is 0.481 e. The average Bonchev–Trinajstić information content (AvgIpc) is 2.01. The van der Waals surface area contributed by atoms with Crippen LogP contribution in [0.3, 0.4) is 0 Å². The molecule has 0 aromatic heterocycles. The summed E-state index contributed by atoms with van der Waals surface area (Å²) < 4.78 is 13.1. The number of aliphatic carboxylic acids is 1. The fraction of sp³-hybridized carbons (Fsp3) is 0.111. The van der Waals surface area contributed by atoms with Crippen LogP contribution in [-0.2, 0) is 11.2 Å². The number of benzene rings is 1. The number of hydrogen-bond donors (Lipinski definition) is 2. The minimum Gasteiger partial charge on any atom is -0.481 e. The lowest BCUT2D eigenvalue weighted by Gasteiger charge is -2.00. The van der Waals surface area contributed by atoms with E-state index in [1.165, 1.54) is 12.1 Å². The molecule has 0 aliphatic rings. The van der Waals surface area contributed by atoms with Crippen molar-refractivity contribution in [1.29, 1.82) is 0 Å². The predicted molar refractivity (Wildman–Crippen MR) is 46.3 cm³/mol. The SMILES string of the molecule is NC(=O)c1ccc(CC(=O)O)cc1F. The van der Waals surface area contributed by atoms with Gasteiger partial charge in [-0.2, -0.15) is 0 Å². The van der Waals surface area contributed by atoms with Gasteiger partial charge in [0, 0.05) is 0 Å². The highest BCUT2D eigenvalue weighted by Gasteiger charge is 2.09. The van der Waals surface area contributed by atoms with E-state index < -0.39 is 17.7 Å².